The van der Waals surface area contributed by atoms with Crippen molar-refractivity contribution >= 4 is 50.9 Å². The van der Waals surface area contributed by atoms with E-state index in [2.05, 4.69) is 15.5 Å². The Kier molecular flexibility index (Phi) is 8.28. The van der Waals surface area contributed by atoms with Crippen molar-refractivity contribution in [2.45, 2.75) is 13.3 Å². The Balaban J connectivity index is 1.67. The summed E-state index contributed by atoms with van der Waals surface area (Å²) in [6.45, 7) is 0.964. The van der Waals surface area contributed by atoms with Crippen molar-refractivity contribution in [3.05, 3.63) is 56.3 Å². The molecular formula is C22H22N4O8S. The second kappa shape index (κ2) is 11.4. The van der Waals surface area contributed by atoms with Crippen LogP contribution in [-0.4, -0.2) is 60.9 Å². The predicted molar refractivity (Wildman–Crippen MR) is 125 cm³/mol. The number of carbonyl (C=O) groups is 4. The fraction of sp³-hybridized carbons (Fsp3) is 0.273. The molecule has 0 aliphatic heterocycles. The fourth-order valence-corrected chi connectivity index (χ4v) is 4.24. The number of aromatic amines is 1. The van der Waals surface area contributed by atoms with Crippen LogP contribution in [0.4, 0.5) is 5.00 Å². The lowest BCUT2D eigenvalue weighted by Gasteiger charge is -2.09. The third-order valence-electron chi connectivity index (χ3n) is 4.80. The van der Waals surface area contributed by atoms with Crippen molar-refractivity contribution in [1.82, 2.24) is 10.2 Å². The summed E-state index contributed by atoms with van der Waals surface area (Å²) < 4.78 is 14.9. The molecule has 0 spiro atoms. The highest BCUT2D eigenvalue weighted by molar-refractivity contribution is 7.18. The number of amides is 2. The van der Waals surface area contributed by atoms with E-state index in [-0.39, 0.29) is 46.3 Å². The van der Waals surface area contributed by atoms with Crippen LogP contribution in [0.3, 0.4) is 0 Å². The maximum Gasteiger partial charge on any atom is 0.341 e. The van der Waals surface area contributed by atoms with Gasteiger partial charge in [0, 0.05) is 12.5 Å². The average Bonchev–Trinajstić information content (AvgIpc) is 3.15. The van der Waals surface area contributed by atoms with E-state index in [1.54, 1.807) is 24.3 Å². The number of primary amides is 1. The third-order valence-corrected chi connectivity index (χ3v) is 6.02. The first kappa shape index (κ1) is 25.5. The molecule has 0 fully saturated rings. The number of benzene rings is 1. The Labute approximate surface area is 202 Å². The van der Waals surface area contributed by atoms with Gasteiger partial charge in [-0.05, 0) is 18.6 Å². The van der Waals surface area contributed by atoms with Gasteiger partial charge in [-0.3, -0.25) is 19.2 Å². The van der Waals surface area contributed by atoms with Gasteiger partial charge in [0.05, 0.1) is 34.5 Å². The second-order valence-electron chi connectivity index (χ2n) is 7.18. The van der Waals surface area contributed by atoms with Gasteiger partial charge in [-0.1, -0.05) is 18.2 Å². The van der Waals surface area contributed by atoms with Crippen LogP contribution < -0.4 is 16.6 Å². The van der Waals surface area contributed by atoms with Crippen LogP contribution in [0, 0.1) is 6.92 Å². The van der Waals surface area contributed by atoms with Crippen molar-refractivity contribution < 1.29 is 33.4 Å². The number of carbonyl (C=O) groups excluding carboxylic acids is 4. The van der Waals surface area contributed by atoms with Gasteiger partial charge in [0.2, 0.25) is 0 Å². The maximum absolute atomic E-state index is 12.5. The zero-order chi connectivity index (χ0) is 25.5. The quantitative estimate of drug-likeness (QED) is 0.268. The first-order valence-corrected chi connectivity index (χ1v) is 11.1. The highest BCUT2D eigenvalue weighted by Crippen LogP contribution is 2.33. The first-order chi connectivity index (χ1) is 16.7. The number of hydrogen-bond acceptors (Lipinski definition) is 10. The summed E-state index contributed by atoms with van der Waals surface area (Å²) in [5, 5.41) is 9.55. The van der Waals surface area contributed by atoms with Crippen molar-refractivity contribution in [1.29, 1.82) is 0 Å². The lowest BCUT2D eigenvalue weighted by molar-refractivity contribution is -0.146. The molecule has 2 amide bonds. The monoisotopic (exact) mass is 502 g/mol. The maximum atomic E-state index is 12.5. The molecule has 0 bridgehead atoms. The number of esters is 2. The number of rotatable bonds is 10. The Morgan fingerprint density at radius 2 is 1.83 bits per heavy atom. The van der Waals surface area contributed by atoms with Gasteiger partial charge in [-0.15, -0.1) is 11.3 Å². The molecule has 0 aliphatic carbocycles. The van der Waals surface area contributed by atoms with Crippen LogP contribution in [0.2, 0.25) is 0 Å². The van der Waals surface area contributed by atoms with Gasteiger partial charge in [0.25, 0.3) is 17.4 Å². The largest absolute Gasteiger partial charge is 0.460 e. The number of nitrogens with two attached hydrogens (primary N) is 1. The number of nitrogens with zero attached hydrogens (tertiary/aromatic N) is 1. The van der Waals surface area contributed by atoms with E-state index < -0.39 is 35.9 Å². The van der Waals surface area contributed by atoms with Gasteiger partial charge in [-0.2, -0.15) is 5.10 Å². The fourth-order valence-electron chi connectivity index (χ4n) is 3.17. The number of anilines is 1. The zero-order valence-electron chi connectivity index (χ0n) is 18.8. The number of nitrogens with one attached hydrogen (secondary N) is 2. The molecule has 0 atom stereocenters. The number of thiophene rings is 1. The molecule has 0 radical (unpaired) electrons. The van der Waals surface area contributed by atoms with E-state index in [0.29, 0.717) is 10.8 Å². The molecule has 0 saturated carbocycles. The number of ether oxygens (including phenoxy) is 3. The van der Waals surface area contributed by atoms with E-state index in [9.17, 15) is 24.0 Å². The number of methoxy groups -OCH3 is 1. The summed E-state index contributed by atoms with van der Waals surface area (Å²) in [6.07, 6.45) is -0.286. The van der Waals surface area contributed by atoms with Gasteiger partial charge >= 0.3 is 11.9 Å². The van der Waals surface area contributed by atoms with Gasteiger partial charge < -0.3 is 25.3 Å². The lowest BCUT2D eigenvalue weighted by atomic mass is 10.1. The highest BCUT2D eigenvalue weighted by Gasteiger charge is 2.26. The van der Waals surface area contributed by atoms with E-state index in [1.807, 2.05) is 0 Å². The summed E-state index contributed by atoms with van der Waals surface area (Å²) in [5.74, 6) is -3.05. The van der Waals surface area contributed by atoms with Crippen LogP contribution >= 0.6 is 11.3 Å². The molecule has 13 heteroatoms. The molecular weight excluding hydrogens is 480 g/mol. The minimum Gasteiger partial charge on any atom is -0.460 e. The molecule has 2 heterocycles. The molecule has 3 aromatic rings. The summed E-state index contributed by atoms with van der Waals surface area (Å²) in [6, 6.07) is 6.63. The molecule has 2 aromatic heterocycles. The summed E-state index contributed by atoms with van der Waals surface area (Å²) in [7, 11) is 1.44. The Hall–Kier alpha value is -4.10. The number of H-pyrrole nitrogens is 1. The van der Waals surface area contributed by atoms with Gasteiger partial charge in [0.1, 0.15) is 11.6 Å². The standard InChI is InChI=1S/C22H22N4O8S/c1-11-17(22(31)33-8-7-32-2)21(35-18(11)19(23)29)24-15(27)10-34-16(28)9-14-12-5-3-4-6-13(12)20(30)26-25-14/h3-6H,7-10H2,1-2H3,(H2,23,29)(H,24,27)(H,26,30). The van der Waals surface area contributed by atoms with Crippen LogP contribution in [0.25, 0.3) is 10.8 Å². The van der Waals surface area contributed by atoms with E-state index >= 15 is 0 Å². The Morgan fingerprint density at radius 1 is 1.11 bits per heavy atom. The molecule has 1 aromatic carbocycles. The Bertz CT molecular complexity index is 1350. The zero-order valence-corrected chi connectivity index (χ0v) is 19.7. The molecule has 35 heavy (non-hydrogen) atoms. The smallest absolute Gasteiger partial charge is 0.341 e. The molecule has 184 valence electrons. The second-order valence-corrected chi connectivity index (χ2v) is 8.20. The van der Waals surface area contributed by atoms with Crippen LogP contribution in [0.5, 0.6) is 0 Å². The molecule has 3 rings (SSSR count). The van der Waals surface area contributed by atoms with E-state index in [0.717, 1.165) is 11.3 Å². The van der Waals surface area contributed by atoms with E-state index in [1.165, 1.54) is 14.0 Å². The van der Waals surface area contributed by atoms with Crippen molar-refractivity contribution in [3.63, 3.8) is 0 Å². The molecule has 4 N–H and O–H groups in total. The van der Waals surface area contributed by atoms with Crippen LogP contribution in [0.15, 0.2) is 29.1 Å². The van der Waals surface area contributed by atoms with Crippen molar-refractivity contribution in [3.8, 4) is 0 Å². The van der Waals surface area contributed by atoms with Crippen molar-refractivity contribution in [2.75, 3.05) is 32.2 Å². The summed E-state index contributed by atoms with van der Waals surface area (Å²) in [4.78, 5) is 60.8. The minimum absolute atomic E-state index is 0.0245. The summed E-state index contributed by atoms with van der Waals surface area (Å²) in [5.41, 5.74) is 5.48. The van der Waals surface area contributed by atoms with Crippen LogP contribution in [0.1, 0.15) is 31.3 Å². The van der Waals surface area contributed by atoms with Gasteiger partial charge in [-0.25, -0.2) is 9.89 Å². The molecule has 0 aliphatic rings. The number of hydrogen-bond donors (Lipinski definition) is 3. The molecule has 0 unspecified atom stereocenters. The SMILES string of the molecule is COCCOC(=O)c1c(NC(=O)COC(=O)Cc2n[nH]c(=O)c3ccccc23)sc(C(N)=O)c1C. The minimum atomic E-state index is -0.772. The number of fused-ring (bicyclic) bond motifs is 1. The van der Waals surface area contributed by atoms with Gasteiger partial charge in [0.15, 0.2) is 6.61 Å². The normalized spacial score (nSPS) is 10.7. The number of aromatic nitrogens is 2. The van der Waals surface area contributed by atoms with Crippen molar-refractivity contribution in [2.24, 2.45) is 5.73 Å². The third kappa shape index (κ3) is 6.07. The average molecular weight is 503 g/mol. The molecule has 0 saturated heterocycles. The predicted octanol–water partition coefficient (Wildman–Crippen LogP) is 0.920. The van der Waals surface area contributed by atoms with Crippen LogP contribution in [-0.2, 0) is 30.2 Å². The first-order valence-electron chi connectivity index (χ1n) is 10.2. The molecule has 12 nitrogen and oxygen atoms in total. The summed E-state index contributed by atoms with van der Waals surface area (Å²) >= 11 is 0.807. The lowest BCUT2D eigenvalue weighted by Crippen LogP contribution is -2.23. The van der Waals surface area contributed by atoms with E-state index in [4.69, 9.17) is 19.9 Å². The topological polar surface area (TPSA) is 180 Å². The Morgan fingerprint density at radius 3 is 2.51 bits per heavy atom. The highest BCUT2D eigenvalue weighted by atomic mass is 32.1.